The summed E-state index contributed by atoms with van der Waals surface area (Å²) >= 11 is 0. The summed E-state index contributed by atoms with van der Waals surface area (Å²) in [5.74, 6) is 0.806. The lowest BCUT2D eigenvalue weighted by atomic mass is 10.2. The topological polar surface area (TPSA) is 79.9 Å². The summed E-state index contributed by atoms with van der Waals surface area (Å²) < 4.78 is 5.00. The molecule has 5 nitrogen and oxygen atoms in total. The third-order valence-electron chi connectivity index (χ3n) is 1.86. The zero-order valence-electron chi connectivity index (χ0n) is 8.99. The van der Waals surface area contributed by atoms with Crippen LogP contribution in [0.3, 0.4) is 0 Å². The average molecular weight is 203 g/mol. The minimum absolute atomic E-state index is 0.289. The third kappa shape index (κ3) is 7.82. The molecule has 0 heterocycles. The van der Waals surface area contributed by atoms with Gasteiger partial charge in [0.1, 0.15) is 5.84 Å². The van der Waals surface area contributed by atoms with Gasteiger partial charge in [-0.2, -0.15) is 0 Å². The van der Waals surface area contributed by atoms with Crippen molar-refractivity contribution in [3.8, 4) is 0 Å². The van der Waals surface area contributed by atoms with Crippen molar-refractivity contribution < 1.29 is 9.94 Å². The molecule has 1 atom stereocenters. The molecule has 0 aromatic rings. The highest BCUT2D eigenvalue weighted by Crippen LogP contribution is 1.93. The van der Waals surface area contributed by atoms with Crippen LogP contribution in [0.4, 0.5) is 0 Å². The number of hydrogen-bond donors (Lipinski definition) is 3. The van der Waals surface area contributed by atoms with Gasteiger partial charge in [0.2, 0.25) is 0 Å². The Kier molecular flexibility index (Phi) is 8.27. The summed E-state index contributed by atoms with van der Waals surface area (Å²) in [5.41, 5.74) is 5.31. The SMILES string of the molecule is COCC(C)CNCCCC(N)=NO. The van der Waals surface area contributed by atoms with Gasteiger partial charge >= 0.3 is 0 Å². The van der Waals surface area contributed by atoms with E-state index in [9.17, 15) is 0 Å². The first-order chi connectivity index (χ1) is 6.70. The van der Waals surface area contributed by atoms with Crippen molar-refractivity contribution in [3.63, 3.8) is 0 Å². The Morgan fingerprint density at radius 3 is 2.93 bits per heavy atom. The number of nitrogens with zero attached hydrogens (tertiary/aromatic N) is 1. The second kappa shape index (κ2) is 8.77. The molecule has 0 rings (SSSR count). The van der Waals surface area contributed by atoms with Crippen molar-refractivity contribution in [2.24, 2.45) is 16.8 Å². The lowest BCUT2D eigenvalue weighted by Crippen LogP contribution is -2.25. The van der Waals surface area contributed by atoms with Gasteiger partial charge in [-0.1, -0.05) is 12.1 Å². The molecule has 14 heavy (non-hydrogen) atoms. The van der Waals surface area contributed by atoms with Gasteiger partial charge in [0.25, 0.3) is 0 Å². The molecule has 0 aromatic heterocycles. The van der Waals surface area contributed by atoms with E-state index in [1.165, 1.54) is 0 Å². The van der Waals surface area contributed by atoms with Crippen LogP contribution in [-0.4, -0.2) is 37.8 Å². The van der Waals surface area contributed by atoms with E-state index in [0.717, 1.165) is 26.1 Å². The first kappa shape index (κ1) is 13.2. The summed E-state index contributed by atoms with van der Waals surface area (Å²) in [6.45, 7) is 4.71. The number of nitrogens with one attached hydrogen (secondary N) is 1. The number of methoxy groups -OCH3 is 1. The number of oxime groups is 1. The van der Waals surface area contributed by atoms with E-state index in [0.29, 0.717) is 12.3 Å². The highest BCUT2D eigenvalue weighted by Gasteiger charge is 1.99. The summed E-state index contributed by atoms with van der Waals surface area (Å²) in [6.07, 6.45) is 1.51. The molecule has 0 radical (unpaired) electrons. The molecule has 4 N–H and O–H groups in total. The van der Waals surface area contributed by atoms with E-state index in [4.69, 9.17) is 15.7 Å². The van der Waals surface area contributed by atoms with Crippen molar-refractivity contribution in [1.29, 1.82) is 0 Å². The molecule has 0 bridgehead atoms. The van der Waals surface area contributed by atoms with E-state index in [1.54, 1.807) is 7.11 Å². The Hall–Kier alpha value is -0.810. The lowest BCUT2D eigenvalue weighted by molar-refractivity contribution is 0.158. The van der Waals surface area contributed by atoms with Crippen LogP contribution in [-0.2, 0) is 4.74 Å². The van der Waals surface area contributed by atoms with Gasteiger partial charge in [-0.15, -0.1) is 0 Å². The van der Waals surface area contributed by atoms with E-state index in [2.05, 4.69) is 17.4 Å². The molecule has 0 aliphatic carbocycles. The van der Waals surface area contributed by atoms with Crippen LogP contribution in [0, 0.1) is 5.92 Å². The first-order valence-corrected chi connectivity index (χ1v) is 4.86. The Balaban J connectivity index is 3.21. The molecular formula is C9H21N3O2. The lowest BCUT2D eigenvalue weighted by Gasteiger charge is -2.10. The van der Waals surface area contributed by atoms with Crippen LogP contribution in [0.2, 0.25) is 0 Å². The van der Waals surface area contributed by atoms with Gasteiger partial charge < -0.3 is 21.0 Å². The second-order valence-corrected chi connectivity index (χ2v) is 3.46. The van der Waals surface area contributed by atoms with E-state index in [1.807, 2.05) is 0 Å². The number of hydrogen-bond acceptors (Lipinski definition) is 4. The van der Waals surface area contributed by atoms with E-state index >= 15 is 0 Å². The number of ether oxygens (including phenoxy) is 1. The summed E-state index contributed by atoms with van der Waals surface area (Å²) in [5, 5.41) is 14.5. The third-order valence-corrected chi connectivity index (χ3v) is 1.86. The van der Waals surface area contributed by atoms with Crippen molar-refractivity contribution in [3.05, 3.63) is 0 Å². The molecule has 84 valence electrons. The normalized spacial score (nSPS) is 14.3. The molecule has 0 aliphatic rings. The van der Waals surface area contributed by atoms with Gasteiger partial charge in [0, 0.05) is 20.1 Å². The van der Waals surface area contributed by atoms with Crippen LogP contribution >= 0.6 is 0 Å². The molecule has 0 aliphatic heterocycles. The second-order valence-electron chi connectivity index (χ2n) is 3.46. The number of amidine groups is 1. The predicted molar refractivity (Wildman–Crippen MR) is 56.6 cm³/mol. The largest absolute Gasteiger partial charge is 0.409 e. The molecule has 0 spiro atoms. The molecule has 5 heteroatoms. The van der Waals surface area contributed by atoms with Crippen LogP contribution in [0.1, 0.15) is 19.8 Å². The summed E-state index contributed by atoms with van der Waals surface area (Å²) in [4.78, 5) is 0. The predicted octanol–water partition coefficient (Wildman–Crippen LogP) is 0.385. The zero-order chi connectivity index (χ0) is 10.8. The van der Waals surface area contributed by atoms with Gasteiger partial charge in [-0.25, -0.2) is 0 Å². The Bertz CT molecular complexity index is 162. The molecule has 0 aromatic carbocycles. The van der Waals surface area contributed by atoms with E-state index in [-0.39, 0.29) is 5.84 Å². The minimum Gasteiger partial charge on any atom is -0.409 e. The molecule has 0 saturated heterocycles. The molecule has 0 amide bonds. The maximum Gasteiger partial charge on any atom is 0.139 e. The van der Waals surface area contributed by atoms with Crippen molar-refractivity contribution in [2.75, 3.05) is 26.8 Å². The smallest absolute Gasteiger partial charge is 0.139 e. The Morgan fingerprint density at radius 1 is 1.64 bits per heavy atom. The van der Waals surface area contributed by atoms with Gasteiger partial charge in [0.05, 0.1) is 0 Å². The number of nitrogens with two attached hydrogens (primary N) is 1. The van der Waals surface area contributed by atoms with Gasteiger partial charge in [-0.05, 0) is 25.4 Å². The summed E-state index contributed by atoms with van der Waals surface area (Å²) in [7, 11) is 1.70. The highest BCUT2D eigenvalue weighted by molar-refractivity contribution is 5.79. The Labute approximate surface area is 85.3 Å². The molecule has 1 unspecified atom stereocenters. The van der Waals surface area contributed by atoms with Crippen molar-refractivity contribution >= 4 is 5.84 Å². The average Bonchev–Trinajstić information content (AvgIpc) is 2.17. The van der Waals surface area contributed by atoms with Crippen molar-refractivity contribution in [1.82, 2.24) is 5.32 Å². The van der Waals surface area contributed by atoms with Crippen LogP contribution in [0.15, 0.2) is 5.16 Å². The number of rotatable bonds is 8. The zero-order valence-corrected chi connectivity index (χ0v) is 8.99. The van der Waals surface area contributed by atoms with Crippen LogP contribution in [0.5, 0.6) is 0 Å². The first-order valence-electron chi connectivity index (χ1n) is 4.86. The fourth-order valence-electron chi connectivity index (χ4n) is 1.14. The fraction of sp³-hybridized carbons (Fsp3) is 0.889. The van der Waals surface area contributed by atoms with Crippen LogP contribution in [0.25, 0.3) is 0 Å². The van der Waals surface area contributed by atoms with Crippen LogP contribution < -0.4 is 11.1 Å². The Morgan fingerprint density at radius 2 is 2.36 bits per heavy atom. The standard InChI is InChI=1S/C9H21N3O2/c1-8(7-14-2)6-11-5-3-4-9(10)12-13/h8,11,13H,3-7H2,1-2H3,(H2,10,12). The summed E-state index contributed by atoms with van der Waals surface area (Å²) in [6, 6.07) is 0. The highest BCUT2D eigenvalue weighted by atomic mass is 16.5. The quantitative estimate of drug-likeness (QED) is 0.175. The minimum atomic E-state index is 0.289. The molecule has 0 fully saturated rings. The monoisotopic (exact) mass is 203 g/mol. The maximum atomic E-state index is 8.28. The molecule has 0 saturated carbocycles. The van der Waals surface area contributed by atoms with Gasteiger partial charge in [0.15, 0.2) is 0 Å². The molecular weight excluding hydrogens is 182 g/mol. The van der Waals surface area contributed by atoms with Crippen molar-refractivity contribution in [2.45, 2.75) is 19.8 Å². The fourth-order valence-corrected chi connectivity index (χ4v) is 1.14. The van der Waals surface area contributed by atoms with E-state index < -0.39 is 0 Å². The maximum absolute atomic E-state index is 8.28. The van der Waals surface area contributed by atoms with Gasteiger partial charge in [-0.3, -0.25) is 0 Å².